The van der Waals surface area contributed by atoms with Crippen molar-refractivity contribution in [2.24, 2.45) is 0 Å². The van der Waals surface area contributed by atoms with E-state index in [1.807, 2.05) is 25.2 Å². The second-order valence-electron chi connectivity index (χ2n) is 11.3. The molecule has 0 saturated heterocycles. The fourth-order valence-electron chi connectivity index (χ4n) is 6.57. The molecule has 1 N–H and O–H groups in total. The van der Waals surface area contributed by atoms with Crippen molar-refractivity contribution in [3.05, 3.63) is 139 Å². The molecule has 0 saturated carbocycles. The van der Waals surface area contributed by atoms with Crippen LogP contribution in [-0.2, 0) is 6.42 Å². The van der Waals surface area contributed by atoms with E-state index < -0.39 is 0 Å². The summed E-state index contributed by atoms with van der Waals surface area (Å²) in [6, 6.07) is 44.8. The first kappa shape index (κ1) is 28.8. The maximum Gasteiger partial charge on any atom is 0.0544 e. The van der Waals surface area contributed by atoms with Crippen molar-refractivity contribution in [3.8, 4) is 33.4 Å². The van der Waals surface area contributed by atoms with Crippen LogP contribution in [0, 0.1) is 0 Å². The number of allylic oxidation sites excluding steroid dienone is 1. The Hall–Kier alpha value is -4.92. The zero-order chi connectivity index (χ0) is 30.9. The van der Waals surface area contributed by atoms with Gasteiger partial charge in [-0.2, -0.15) is 0 Å². The normalized spacial score (nSPS) is 11.6. The van der Waals surface area contributed by atoms with Crippen LogP contribution in [0.2, 0.25) is 0 Å². The number of hydrogen-bond donors (Lipinski definition) is 1. The van der Waals surface area contributed by atoms with Crippen LogP contribution in [0.3, 0.4) is 0 Å². The molecule has 0 amide bonds. The summed E-state index contributed by atoms with van der Waals surface area (Å²) < 4.78 is 2.68. The summed E-state index contributed by atoms with van der Waals surface area (Å²) in [6.07, 6.45) is 5.35. The lowest BCUT2D eigenvalue weighted by Crippen LogP contribution is -1.86. The number of aromatic amines is 1. The molecule has 2 heterocycles. The van der Waals surface area contributed by atoms with Crippen molar-refractivity contribution in [3.63, 3.8) is 0 Å². The molecule has 8 aromatic rings. The van der Waals surface area contributed by atoms with Crippen LogP contribution in [0.15, 0.2) is 127 Å². The molecule has 0 unspecified atom stereocenters. The molecule has 0 radical (unpaired) electrons. The number of fused-ring (bicyclic) bond motifs is 6. The molecule has 0 aliphatic rings. The molecule has 8 rings (SSSR count). The molecule has 1 nitrogen and oxygen atoms in total. The molecule has 0 bridgehead atoms. The smallest absolute Gasteiger partial charge is 0.0544 e. The van der Waals surface area contributed by atoms with Crippen LogP contribution >= 0.6 is 11.3 Å². The zero-order valence-electron chi connectivity index (χ0n) is 26.3. The summed E-state index contributed by atoms with van der Waals surface area (Å²) in [4.78, 5) is 3.78. The van der Waals surface area contributed by atoms with Gasteiger partial charge in [0.25, 0.3) is 0 Å². The van der Waals surface area contributed by atoms with E-state index in [-0.39, 0.29) is 0 Å². The van der Waals surface area contributed by atoms with Gasteiger partial charge in [0.15, 0.2) is 0 Å². The van der Waals surface area contributed by atoms with Gasteiger partial charge in [-0.15, -0.1) is 11.3 Å². The molecule has 6 aromatic carbocycles. The Morgan fingerprint density at radius 3 is 1.98 bits per heavy atom. The number of nitrogens with one attached hydrogen (secondary N) is 1. The number of aromatic nitrogens is 1. The van der Waals surface area contributed by atoms with Gasteiger partial charge >= 0.3 is 0 Å². The Morgan fingerprint density at radius 2 is 1.22 bits per heavy atom. The summed E-state index contributed by atoms with van der Waals surface area (Å²) in [6.45, 7) is 8.32. The number of rotatable bonds is 5. The van der Waals surface area contributed by atoms with Crippen molar-refractivity contribution >= 4 is 59.4 Å². The second-order valence-corrected chi connectivity index (χ2v) is 12.4. The zero-order valence-corrected chi connectivity index (χ0v) is 27.1. The first-order chi connectivity index (χ1) is 22.2. The molecular formula is C43H37NS. The maximum atomic E-state index is 3.78. The highest BCUT2D eigenvalue weighted by molar-refractivity contribution is 7.25. The van der Waals surface area contributed by atoms with Crippen molar-refractivity contribution in [1.29, 1.82) is 0 Å². The van der Waals surface area contributed by atoms with E-state index in [0.717, 1.165) is 6.42 Å². The first-order valence-corrected chi connectivity index (χ1v) is 16.8. The Morgan fingerprint density at radius 1 is 0.578 bits per heavy atom. The first-order valence-electron chi connectivity index (χ1n) is 16.0. The van der Waals surface area contributed by atoms with E-state index in [1.165, 1.54) is 86.5 Å². The summed E-state index contributed by atoms with van der Waals surface area (Å²) in [7, 11) is 0. The highest BCUT2D eigenvalue weighted by atomic mass is 32.1. The molecular weight excluding hydrogens is 563 g/mol. The van der Waals surface area contributed by atoms with E-state index in [1.54, 1.807) is 0 Å². The Balaban J connectivity index is 0.00000160. The molecule has 0 spiro atoms. The minimum absolute atomic E-state index is 1.01. The standard InChI is InChI=1S/C41H31NS.C2H6/c1-3-10-27-24-38-37(23-26(27)4-2)36-17-9-16-33(41(36)42-38)32-14-8-13-30(22-32)28-11-7-12-29(21-28)31-19-20-35-34-15-5-6-18-39(34)43-40(35)25-31;1-2/h3,5-25,42H,4H2,1-2H3;1-2H3/b10-3-;. The van der Waals surface area contributed by atoms with Crippen LogP contribution in [0.5, 0.6) is 0 Å². The number of hydrogen-bond acceptors (Lipinski definition) is 1. The van der Waals surface area contributed by atoms with Crippen molar-refractivity contribution in [2.75, 3.05) is 0 Å². The van der Waals surface area contributed by atoms with Gasteiger partial charge in [0.1, 0.15) is 0 Å². The average molecular weight is 600 g/mol. The second kappa shape index (κ2) is 12.2. The van der Waals surface area contributed by atoms with Gasteiger partial charge in [-0.1, -0.05) is 118 Å². The molecule has 0 atom stereocenters. The van der Waals surface area contributed by atoms with Gasteiger partial charge in [0.05, 0.1) is 5.52 Å². The highest BCUT2D eigenvalue weighted by Crippen LogP contribution is 2.39. The van der Waals surface area contributed by atoms with E-state index in [9.17, 15) is 0 Å². The van der Waals surface area contributed by atoms with Gasteiger partial charge in [0, 0.05) is 42.0 Å². The van der Waals surface area contributed by atoms with E-state index in [0.29, 0.717) is 0 Å². The summed E-state index contributed by atoms with van der Waals surface area (Å²) >= 11 is 1.87. The molecule has 2 heteroatoms. The Bertz CT molecular complexity index is 2350. The third kappa shape index (κ3) is 5.16. The number of thiophene rings is 1. The van der Waals surface area contributed by atoms with Crippen molar-refractivity contribution in [1.82, 2.24) is 4.98 Å². The fourth-order valence-corrected chi connectivity index (χ4v) is 7.71. The third-order valence-corrected chi connectivity index (χ3v) is 9.84. The minimum Gasteiger partial charge on any atom is -0.354 e. The van der Waals surface area contributed by atoms with Crippen LogP contribution in [0.4, 0.5) is 0 Å². The number of H-pyrrole nitrogens is 1. The SMILES string of the molecule is C/C=C\c1cc2[nH]c3c(-c4cccc(-c5cccc(-c6ccc7c(c6)sc6ccccc67)c5)c4)cccc3c2cc1CC.CC. The molecule has 0 fully saturated rings. The molecule has 2 aromatic heterocycles. The fraction of sp³-hybridized carbons (Fsp3) is 0.116. The molecule has 0 aliphatic carbocycles. The van der Waals surface area contributed by atoms with Crippen LogP contribution < -0.4 is 0 Å². The molecule has 0 aliphatic heterocycles. The van der Waals surface area contributed by atoms with E-state index in [2.05, 4.69) is 152 Å². The third-order valence-electron chi connectivity index (χ3n) is 8.70. The van der Waals surface area contributed by atoms with Crippen LogP contribution in [0.1, 0.15) is 38.8 Å². The largest absolute Gasteiger partial charge is 0.354 e. The lowest BCUT2D eigenvalue weighted by atomic mass is 9.95. The topological polar surface area (TPSA) is 15.8 Å². The van der Waals surface area contributed by atoms with Crippen molar-refractivity contribution < 1.29 is 0 Å². The predicted octanol–water partition coefficient (Wildman–Crippen LogP) is 13.3. The summed E-state index contributed by atoms with van der Waals surface area (Å²) in [5.41, 5.74) is 12.4. The Labute approximate surface area is 269 Å². The molecule has 220 valence electrons. The van der Waals surface area contributed by atoms with Gasteiger partial charge in [0.2, 0.25) is 0 Å². The number of para-hydroxylation sites is 1. The Kier molecular flexibility index (Phi) is 7.83. The highest BCUT2D eigenvalue weighted by Gasteiger charge is 2.13. The lowest BCUT2D eigenvalue weighted by molar-refractivity contribution is 1.14. The predicted molar refractivity (Wildman–Crippen MR) is 200 cm³/mol. The van der Waals surface area contributed by atoms with Crippen LogP contribution in [-0.4, -0.2) is 4.98 Å². The summed E-state index contributed by atoms with van der Waals surface area (Å²) in [5.74, 6) is 0. The maximum absolute atomic E-state index is 3.78. The number of benzene rings is 6. The van der Waals surface area contributed by atoms with Gasteiger partial charge < -0.3 is 4.98 Å². The molecule has 45 heavy (non-hydrogen) atoms. The summed E-state index contributed by atoms with van der Waals surface area (Å²) in [5, 5.41) is 5.25. The quantitative estimate of drug-likeness (QED) is 0.203. The van der Waals surface area contributed by atoms with Gasteiger partial charge in [-0.25, -0.2) is 0 Å². The minimum atomic E-state index is 1.01. The van der Waals surface area contributed by atoms with Crippen LogP contribution in [0.25, 0.3) is 81.4 Å². The van der Waals surface area contributed by atoms with Gasteiger partial charge in [-0.05, 0) is 88.7 Å². The monoisotopic (exact) mass is 599 g/mol. The number of aryl methyl sites for hydroxylation is 1. The average Bonchev–Trinajstić information content (AvgIpc) is 3.66. The van der Waals surface area contributed by atoms with Gasteiger partial charge in [-0.3, -0.25) is 0 Å². The van der Waals surface area contributed by atoms with E-state index >= 15 is 0 Å². The van der Waals surface area contributed by atoms with E-state index in [4.69, 9.17) is 0 Å². The van der Waals surface area contributed by atoms with Crippen molar-refractivity contribution in [2.45, 2.75) is 34.1 Å². The lowest BCUT2D eigenvalue weighted by Gasteiger charge is -2.09.